The summed E-state index contributed by atoms with van der Waals surface area (Å²) in [5.74, 6) is 0.326. The van der Waals surface area contributed by atoms with Gasteiger partial charge in [0.25, 0.3) is 0 Å². The first-order valence-corrected chi connectivity index (χ1v) is 12.5. The number of aliphatic hydroxyl groups excluding tert-OH is 1. The van der Waals surface area contributed by atoms with Crippen LogP contribution < -0.4 is 10.6 Å². The molecular weight excluding hydrogens is 481 g/mol. The fraction of sp³-hybridized carbons (Fsp3) is 0.267. The van der Waals surface area contributed by atoms with Crippen LogP contribution in [0.25, 0.3) is 22.5 Å². The lowest BCUT2D eigenvalue weighted by Crippen LogP contribution is -2.45. The first kappa shape index (κ1) is 25.5. The second-order valence-corrected chi connectivity index (χ2v) is 10.4. The number of aromatic nitrogens is 3. The highest BCUT2D eigenvalue weighted by molar-refractivity contribution is 5.94. The highest BCUT2D eigenvalue weighted by atomic mass is 19.1. The Morgan fingerprint density at radius 2 is 1.71 bits per heavy atom. The van der Waals surface area contributed by atoms with Gasteiger partial charge in [0.05, 0.1) is 29.2 Å². The van der Waals surface area contributed by atoms with Crippen molar-refractivity contribution in [2.45, 2.75) is 51.7 Å². The van der Waals surface area contributed by atoms with Crippen LogP contribution in [0.4, 0.5) is 14.9 Å². The number of hydrogen-bond donors (Lipinski definition) is 3. The Balaban J connectivity index is 1.48. The predicted octanol–water partition coefficient (Wildman–Crippen LogP) is 5.87. The van der Waals surface area contributed by atoms with Gasteiger partial charge in [-0.05, 0) is 60.6 Å². The number of aliphatic hydroxyl groups is 1. The molecule has 8 heteroatoms. The van der Waals surface area contributed by atoms with Gasteiger partial charge in [-0.1, -0.05) is 50.2 Å². The zero-order valence-corrected chi connectivity index (χ0v) is 21.8. The topological polar surface area (TPSA) is 100 Å². The van der Waals surface area contributed by atoms with Gasteiger partial charge in [-0.15, -0.1) is 0 Å². The predicted molar refractivity (Wildman–Crippen MR) is 145 cm³/mol. The molecule has 4 aromatic rings. The van der Waals surface area contributed by atoms with E-state index in [9.17, 15) is 14.3 Å². The first-order valence-electron chi connectivity index (χ1n) is 12.5. The molecule has 5 rings (SSSR count). The number of anilines is 1. The van der Waals surface area contributed by atoms with E-state index in [4.69, 9.17) is 4.98 Å². The van der Waals surface area contributed by atoms with Gasteiger partial charge in [0, 0.05) is 23.5 Å². The maximum Gasteiger partial charge on any atom is 0.319 e. The number of aryl methyl sites for hydroxylation is 2. The van der Waals surface area contributed by atoms with Crippen molar-refractivity contribution in [2.75, 3.05) is 5.32 Å². The Morgan fingerprint density at radius 1 is 1.00 bits per heavy atom. The van der Waals surface area contributed by atoms with Gasteiger partial charge in [0.1, 0.15) is 11.6 Å². The van der Waals surface area contributed by atoms with Crippen LogP contribution in [0, 0.1) is 19.7 Å². The van der Waals surface area contributed by atoms with Crippen LogP contribution in [0.3, 0.4) is 0 Å². The molecule has 2 heterocycles. The third-order valence-electron chi connectivity index (χ3n) is 7.03. The Morgan fingerprint density at radius 3 is 2.42 bits per heavy atom. The zero-order valence-electron chi connectivity index (χ0n) is 21.8. The van der Waals surface area contributed by atoms with E-state index < -0.39 is 23.6 Å². The molecule has 0 saturated heterocycles. The number of carbonyl (C=O) groups is 1. The van der Waals surface area contributed by atoms with Crippen LogP contribution in [-0.2, 0) is 5.41 Å². The number of nitrogens with zero attached hydrogens (tertiary/aromatic N) is 3. The SMILES string of the molecule is Cc1ncc(-c2nc(-c3ccccc3)c(NC(=O)N[C@@H]3c4ccc(F)cc4C(C)(C)C[C@H]3O)cc2C)cn1. The molecule has 2 aromatic heterocycles. The highest BCUT2D eigenvalue weighted by Gasteiger charge is 2.39. The lowest BCUT2D eigenvalue weighted by Gasteiger charge is -2.40. The fourth-order valence-electron chi connectivity index (χ4n) is 5.15. The maximum absolute atomic E-state index is 14.1. The molecule has 2 aromatic carbocycles. The standard InChI is InChI=1S/C30H30FN5O2/c1-17-12-24(27(19-8-6-5-7-9-19)35-26(17)20-15-32-18(2)33-16-20)34-29(38)36-28-22-11-10-21(31)13-23(22)30(3,4)14-25(28)37/h5-13,15-16,25,28,37H,14H2,1-4H3,(H2,34,36,38)/t25-,28-/m1/s1. The molecule has 3 N–H and O–H groups in total. The van der Waals surface area contributed by atoms with Crippen molar-refractivity contribution in [3.63, 3.8) is 0 Å². The minimum atomic E-state index is -0.828. The Labute approximate surface area is 221 Å². The first-order chi connectivity index (χ1) is 18.1. The van der Waals surface area contributed by atoms with Crippen molar-refractivity contribution >= 4 is 11.7 Å². The van der Waals surface area contributed by atoms with Crippen LogP contribution >= 0.6 is 0 Å². The van der Waals surface area contributed by atoms with E-state index >= 15 is 0 Å². The number of fused-ring (bicyclic) bond motifs is 1. The molecule has 1 aliphatic carbocycles. The molecule has 7 nitrogen and oxygen atoms in total. The van der Waals surface area contributed by atoms with Crippen molar-refractivity contribution in [1.29, 1.82) is 0 Å². The van der Waals surface area contributed by atoms with Gasteiger partial charge in [0.2, 0.25) is 0 Å². The highest BCUT2D eigenvalue weighted by Crippen LogP contribution is 2.42. The average molecular weight is 512 g/mol. The lowest BCUT2D eigenvalue weighted by molar-refractivity contribution is 0.0881. The second kappa shape index (κ2) is 9.95. The number of amides is 2. The number of pyridine rings is 1. The summed E-state index contributed by atoms with van der Waals surface area (Å²) in [5.41, 5.74) is 5.34. The number of carbonyl (C=O) groups excluding carboxylic acids is 1. The number of halogens is 1. The number of hydrogen-bond acceptors (Lipinski definition) is 5. The molecule has 2 amide bonds. The van der Waals surface area contributed by atoms with E-state index in [1.54, 1.807) is 18.5 Å². The summed E-state index contributed by atoms with van der Waals surface area (Å²) in [6, 6.07) is 14.8. The van der Waals surface area contributed by atoms with Gasteiger partial charge >= 0.3 is 6.03 Å². The monoisotopic (exact) mass is 511 g/mol. The normalized spacial score (nSPS) is 17.9. The van der Waals surface area contributed by atoms with Crippen molar-refractivity contribution in [3.8, 4) is 22.5 Å². The Bertz CT molecular complexity index is 1490. The molecule has 0 bridgehead atoms. The average Bonchev–Trinajstić information content (AvgIpc) is 2.88. The van der Waals surface area contributed by atoms with Gasteiger partial charge in [-0.3, -0.25) is 0 Å². The van der Waals surface area contributed by atoms with E-state index in [2.05, 4.69) is 20.6 Å². The van der Waals surface area contributed by atoms with E-state index in [0.717, 1.165) is 27.9 Å². The van der Waals surface area contributed by atoms with Gasteiger partial charge < -0.3 is 15.7 Å². The summed E-state index contributed by atoms with van der Waals surface area (Å²) in [7, 11) is 0. The molecule has 0 unspecified atom stereocenters. The minimum absolute atomic E-state index is 0.343. The molecule has 0 aliphatic heterocycles. The quantitative estimate of drug-likeness (QED) is 0.318. The molecule has 0 fully saturated rings. The number of rotatable bonds is 4. The van der Waals surface area contributed by atoms with Gasteiger partial charge in [-0.25, -0.2) is 24.1 Å². The van der Waals surface area contributed by atoms with E-state index in [0.29, 0.717) is 29.2 Å². The second-order valence-electron chi connectivity index (χ2n) is 10.4. The third-order valence-corrected chi connectivity index (χ3v) is 7.03. The van der Waals surface area contributed by atoms with Crippen LogP contribution in [0.15, 0.2) is 67.0 Å². The Kier molecular flexibility index (Phi) is 6.67. The van der Waals surface area contributed by atoms with Crippen molar-refractivity contribution in [1.82, 2.24) is 20.3 Å². The van der Waals surface area contributed by atoms with E-state index in [-0.39, 0.29) is 5.82 Å². The van der Waals surface area contributed by atoms with E-state index in [1.165, 1.54) is 12.1 Å². The number of nitrogens with one attached hydrogen (secondary N) is 2. The fourth-order valence-corrected chi connectivity index (χ4v) is 5.15. The molecule has 2 atom stereocenters. The summed E-state index contributed by atoms with van der Waals surface area (Å²) in [6.07, 6.45) is 3.03. The third kappa shape index (κ3) is 4.99. The van der Waals surface area contributed by atoms with Gasteiger partial charge in [0.15, 0.2) is 0 Å². The summed E-state index contributed by atoms with van der Waals surface area (Å²) in [4.78, 5) is 26.8. The molecule has 1 aliphatic rings. The summed E-state index contributed by atoms with van der Waals surface area (Å²) < 4.78 is 14.1. The minimum Gasteiger partial charge on any atom is -0.391 e. The molecule has 0 radical (unpaired) electrons. The van der Waals surface area contributed by atoms with Crippen LogP contribution in [0.5, 0.6) is 0 Å². The summed E-state index contributed by atoms with van der Waals surface area (Å²) in [6.45, 7) is 7.67. The maximum atomic E-state index is 14.1. The lowest BCUT2D eigenvalue weighted by atomic mass is 9.69. The number of urea groups is 1. The van der Waals surface area contributed by atoms with Gasteiger partial charge in [-0.2, -0.15) is 0 Å². The van der Waals surface area contributed by atoms with Crippen molar-refractivity contribution in [3.05, 3.63) is 95.3 Å². The zero-order chi connectivity index (χ0) is 27.0. The largest absolute Gasteiger partial charge is 0.391 e. The Hall–Kier alpha value is -4.17. The molecular formula is C30H30FN5O2. The van der Waals surface area contributed by atoms with E-state index in [1.807, 2.05) is 64.1 Å². The summed E-state index contributed by atoms with van der Waals surface area (Å²) in [5, 5.41) is 16.8. The van der Waals surface area contributed by atoms with Crippen LogP contribution in [0.2, 0.25) is 0 Å². The smallest absolute Gasteiger partial charge is 0.319 e. The molecule has 0 saturated carbocycles. The molecule has 38 heavy (non-hydrogen) atoms. The van der Waals surface area contributed by atoms with Crippen LogP contribution in [0.1, 0.15) is 48.8 Å². The van der Waals surface area contributed by atoms with Crippen molar-refractivity contribution < 1.29 is 14.3 Å². The molecule has 194 valence electrons. The van der Waals surface area contributed by atoms with Crippen LogP contribution in [-0.4, -0.2) is 32.2 Å². The molecule has 0 spiro atoms. The number of benzene rings is 2. The summed E-state index contributed by atoms with van der Waals surface area (Å²) >= 11 is 0. The van der Waals surface area contributed by atoms with Crippen molar-refractivity contribution in [2.24, 2.45) is 0 Å².